The molecule has 1 saturated heterocycles. The number of methoxy groups -OCH3 is 1. The summed E-state index contributed by atoms with van der Waals surface area (Å²) in [5.74, 6) is 1.25. The number of aromatic nitrogens is 1. The Morgan fingerprint density at radius 1 is 1.26 bits per heavy atom. The first kappa shape index (κ1) is 15.3. The highest BCUT2D eigenvalue weighted by Gasteiger charge is 2.21. The zero-order valence-electron chi connectivity index (χ0n) is 13.0. The van der Waals surface area contributed by atoms with Gasteiger partial charge in [0.15, 0.2) is 0 Å². The SMILES string of the molecule is COc1cccc(Nc2ncccc2C(=O)N2CCOCC2)c1. The molecular weight excluding hydrogens is 294 g/mol. The molecule has 1 N–H and O–H groups in total. The Bertz CT molecular complexity index is 684. The van der Waals surface area contributed by atoms with Crippen molar-refractivity contribution in [1.82, 2.24) is 9.88 Å². The van der Waals surface area contributed by atoms with Gasteiger partial charge in [0.2, 0.25) is 0 Å². The van der Waals surface area contributed by atoms with Crippen molar-refractivity contribution >= 4 is 17.4 Å². The Morgan fingerprint density at radius 3 is 2.87 bits per heavy atom. The fourth-order valence-corrected chi connectivity index (χ4v) is 2.45. The van der Waals surface area contributed by atoms with E-state index >= 15 is 0 Å². The summed E-state index contributed by atoms with van der Waals surface area (Å²) < 4.78 is 10.5. The lowest BCUT2D eigenvalue weighted by Crippen LogP contribution is -2.40. The molecule has 3 rings (SSSR count). The summed E-state index contributed by atoms with van der Waals surface area (Å²) in [4.78, 5) is 18.8. The summed E-state index contributed by atoms with van der Waals surface area (Å²) in [6, 6.07) is 11.1. The fourth-order valence-electron chi connectivity index (χ4n) is 2.45. The second-order valence-corrected chi connectivity index (χ2v) is 5.16. The van der Waals surface area contributed by atoms with E-state index in [1.54, 1.807) is 30.3 Å². The second kappa shape index (κ2) is 7.11. The molecule has 0 radical (unpaired) electrons. The van der Waals surface area contributed by atoms with Gasteiger partial charge in [0.25, 0.3) is 5.91 Å². The number of amides is 1. The highest BCUT2D eigenvalue weighted by atomic mass is 16.5. The molecule has 1 aromatic carbocycles. The summed E-state index contributed by atoms with van der Waals surface area (Å²) >= 11 is 0. The van der Waals surface area contributed by atoms with Gasteiger partial charge >= 0.3 is 0 Å². The number of nitrogens with one attached hydrogen (secondary N) is 1. The first-order valence-electron chi connectivity index (χ1n) is 7.51. The number of benzene rings is 1. The van der Waals surface area contributed by atoms with Crippen molar-refractivity contribution < 1.29 is 14.3 Å². The number of hydrogen-bond acceptors (Lipinski definition) is 5. The van der Waals surface area contributed by atoms with E-state index in [2.05, 4.69) is 10.3 Å². The van der Waals surface area contributed by atoms with Gasteiger partial charge in [0.05, 0.1) is 25.9 Å². The molecule has 0 saturated carbocycles. The minimum atomic E-state index is -0.0354. The van der Waals surface area contributed by atoms with E-state index < -0.39 is 0 Å². The van der Waals surface area contributed by atoms with E-state index in [0.29, 0.717) is 37.7 Å². The minimum absolute atomic E-state index is 0.0354. The van der Waals surface area contributed by atoms with Crippen LogP contribution in [-0.2, 0) is 4.74 Å². The number of rotatable bonds is 4. The first-order valence-corrected chi connectivity index (χ1v) is 7.51. The molecule has 1 amide bonds. The Kier molecular flexibility index (Phi) is 4.73. The molecule has 0 bridgehead atoms. The highest BCUT2D eigenvalue weighted by molar-refractivity contribution is 5.99. The van der Waals surface area contributed by atoms with Gasteiger partial charge in [-0.1, -0.05) is 6.07 Å². The maximum absolute atomic E-state index is 12.7. The number of pyridine rings is 1. The van der Waals surface area contributed by atoms with Crippen molar-refractivity contribution in [3.63, 3.8) is 0 Å². The van der Waals surface area contributed by atoms with Gasteiger partial charge in [-0.2, -0.15) is 0 Å². The van der Waals surface area contributed by atoms with Gasteiger partial charge < -0.3 is 19.7 Å². The summed E-state index contributed by atoms with van der Waals surface area (Å²) in [7, 11) is 1.62. The van der Waals surface area contributed by atoms with Crippen molar-refractivity contribution in [2.75, 3.05) is 38.7 Å². The first-order chi connectivity index (χ1) is 11.3. The molecular formula is C17H19N3O3. The standard InChI is InChI=1S/C17H19N3O3/c1-22-14-5-2-4-13(12-14)19-16-15(6-3-7-18-16)17(21)20-8-10-23-11-9-20/h2-7,12H,8-11H2,1H3,(H,18,19). The van der Waals surface area contributed by atoms with E-state index in [1.165, 1.54) is 0 Å². The molecule has 2 heterocycles. The van der Waals surface area contributed by atoms with Crippen LogP contribution in [0, 0.1) is 0 Å². The fraction of sp³-hybridized carbons (Fsp3) is 0.294. The average Bonchev–Trinajstić information content (AvgIpc) is 2.62. The van der Waals surface area contributed by atoms with Crippen molar-refractivity contribution in [2.24, 2.45) is 0 Å². The predicted octanol–water partition coefficient (Wildman–Crippen LogP) is 2.31. The zero-order chi connectivity index (χ0) is 16.1. The topological polar surface area (TPSA) is 63.7 Å². The maximum Gasteiger partial charge on any atom is 0.257 e. The van der Waals surface area contributed by atoms with Crippen LogP contribution in [0.3, 0.4) is 0 Å². The maximum atomic E-state index is 12.7. The third-order valence-corrected chi connectivity index (χ3v) is 3.67. The van der Waals surface area contributed by atoms with Crippen LogP contribution in [0.1, 0.15) is 10.4 Å². The van der Waals surface area contributed by atoms with Gasteiger partial charge in [0, 0.05) is 31.0 Å². The molecule has 23 heavy (non-hydrogen) atoms. The number of nitrogens with zero attached hydrogens (tertiary/aromatic N) is 2. The van der Waals surface area contributed by atoms with Gasteiger partial charge in [-0.05, 0) is 24.3 Å². The van der Waals surface area contributed by atoms with Crippen LogP contribution < -0.4 is 10.1 Å². The molecule has 2 aromatic rings. The van der Waals surface area contributed by atoms with Crippen molar-refractivity contribution in [2.45, 2.75) is 0 Å². The van der Waals surface area contributed by atoms with E-state index in [4.69, 9.17) is 9.47 Å². The molecule has 0 aliphatic carbocycles. The van der Waals surface area contributed by atoms with Crippen LogP contribution in [0.4, 0.5) is 11.5 Å². The van der Waals surface area contributed by atoms with E-state index in [-0.39, 0.29) is 5.91 Å². The lowest BCUT2D eigenvalue weighted by Gasteiger charge is -2.27. The third kappa shape index (κ3) is 3.60. The summed E-state index contributed by atoms with van der Waals surface area (Å²) in [6.45, 7) is 2.36. The van der Waals surface area contributed by atoms with Crippen LogP contribution in [-0.4, -0.2) is 49.2 Å². The van der Waals surface area contributed by atoms with Crippen molar-refractivity contribution in [3.8, 4) is 5.75 Å². The lowest BCUT2D eigenvalue weighted by molar-refractivity contribution is 0.0303. The molecule has 6 nitrogen and oxygen atoms in total. The van der Waals surface area contributed by atoms with Crippen LogP contribution in [0.5, 0.6) is 5.75 Å². The van der Waals surface area contributed by atoms with Gasteiger partial charge in [0.1, 0.15) is 11.6 Å². The summed E-state index contributed by atoms with van der Waals surface area (Å²) in [6.07, 6.45) is 1.67. The number of morpholine rings is 1. The van der Waals surface area contributed by atoms with E-state index in [1.807, 2.05) is 24.3 Å². The van der Waals surface area contributed by atoms with Gasteiger partial charge in [-0.3, -0.25) is 4.79 Å². The second-order valence-electron chi connectivity index (χ2n) is 5.16. The number of carbonyl (C=O) groups excluding carboxylic acids is 1. The lowest BCUT2D eigenvalue weighted by atomic mass is 10.2. The van der Waals surface area contributed by atoms with Crippen LogP contribution in [0.2, 0.25) is 0 Å². The van der Waals surface area contributed by atoms with E-state index in [0.717, 1.165) is 11.4 Å². The van der Waals surface area contributed by atoms with Crippen molar-refractivity contribution in [3.05, 3.63) is 48.2 Å². The van der Waals surface area contributed by atoms with E-state index in [9.17, 15) is 4.79 Å². The summed E-state index contributed by atoms with van der Waals surface area (Å²) in [5.41, 5.74) is 1.37. The molecule has 6 heteroatoms. The van der Waals surface area contributed by atoms with Crippen molar-refractivity contribution in [1.29, 1.82) is 0 Å². The Labute approximate surface area is 135 Å². The number of anilines is 2. The number of carbonyl (C=O) groups is 1. The average molecular weight is 313 g/mol. The summed E-state index contributed by atoms with van der Waals surface area (Å²) in [5, 5.41) is 3.20. The molecule has 0 unspecified atom stereocenters. The predicted molar refractivity (Wildman–Crippen MR) is 87.2 cm³/mol. The minimum Gasteiger partial charge on any atom is -0.497 e. The molecule has 120 valence electrons. The molecule has 1 fully saturated rings. The Morgan fingerprint density at radius 2 is 2.09 bits per heavy atom. The third-order valence-electron chi connectivity index (χ3n) is 3.67. The molecule has 1 aliphatic heterocycles. The molecule has 0 spiro atoms. The molecule has 0 atom stereocenters. The monoisotopic (exact) mass is 313 g/mol. The quantitative estimate of drug-likeness (QED) is 0.938. The number of hydrogen-bond donors (Lipinski definition) is 1. The highest BCUT2D eigenvalue weighted by Crippen LogP contribution is 2.23. The molecule has 1 aromatic heterocycles. The van der Waals surface area contributed by atoms with Gasteiger partial charge in [-0.25, -0.2) is 4.98 Å². The zero-order valence-corrected chi connectivity index (χ0v) is 13.0. The molecule has 1 aliphatic rings. The largest absolute Gasteiger partial charge is 0.497 e. The normalized spacial score (nSPS) is 14.4. The number of ether oxygens (including phenoxy) is 2. The van der Waals surface area contributed by atoms with Crippen LogP contribution in [0.15, 0.2) is 42.6 Å². The van der Waals surface area contributed by atoms with Crippen LogP contribution >= 0.6 is 0 Å². The van der Waals surface area contributed by atoms with Gasteiger partial charge in [-0.15, -0.1) is 0 Å². The Hall–Kier alpha value is -2.60. The Balaban J connectivity index is 1.83. The smallest absolute Gasteiger partial charge is 0.257 e. The van der Waals surface area contributed by atoms with Crippen LogP contribution in [0.25, 0.3) is 0 Å².